The Labute approximate surface area is 146 Å². The molecule has 2 amide bonds. The summed E-state index contributed by atoms with van der Waals surface area (Å²) in [6.07, 6.45) is 2.42. The van der Waals surface area contributed by atoms with E-state index < -0.39 is 11.7 Å². The number of anilines is 1. The van der Waals surface area contributed by atoms with Gasteiger partial charge in [-0.25, -0.2) is 14.8 Å². The molecule has 0 saturated carbocycles. The second-order valence-electron chi connectivity index (χ2n) is 6.65. The molecule has 0 radical (unpaired) electrons. The number of hydrogen-bond acceptors (Lipinski definition) is 5. The number of carbonyl (C=O) groups excluding carboxylic acids is 2. The maximum absolute atomic E-state index is 12.0. The van der Waals surface area contributed by atoms with E-state index in [9.17, 15) is 9.59 Å². The number of nitrogens with zero attached hydrogens (tertiary/aromatic N) is 2. The summed E-state index contributed by atoms with van der Waals surface area (Å²) in [7, 11) is 0. The van der Waals surface area contributed by atoms with Crippen LogP contribution in [0, 0.1) is 13.8 Å². The van der Waals surface area contributed by atoms with Crippen molar-refractivity contribution in [2.24, 2.45) is 0 Å². The quantitative estimate of drug-likeness (QED) is 0.789. The largest absolute Gasteiger partial charge is 0.444 e. The summed E-state index contributed by atoms with van der Waals surface area (Å²) in [5.74, 6) is 0.141. The van der Waals surface area contributed by atoms with Gasteiger partial charge in [0.15, 0.2) is 0 Å². The van der Waals surface area contributed by atoms with E-state index in [4.69, 9.17) is 4.74 Å². The van der Waals surface area contributed by atoms with Crippen molar-refractivity contribution >= 4 is 17.8 Å². The molecule has 2 rings (SSSR count). The molecular formula is C17H23N5O3. The smallest absolute Gasteiger partial charge is 0.413 e. The second-order valence-corrected chi connectivity index (χ2v) is 6.65. The minimum atomic E-state index is -0.579. The highest BCUT2D eigenvalue weighted by molar-refractivity contribution is 5.92. The van der Waals surface area contributed by atoms with Gasteiger partial charge in [-0.1, -0.05) is 0 Å². The van der Waals surface area contributed by atoms with Gasteiger partial charge >= 0.3 is 6.09 Å². The topological polar surface area (TPSA) is 109 Å². The number of carbonyl (C=O) groups is 2. The highest BCUT2D eigenvalue weighted by atomic mass is 16.6. The molecule has 134 valence electrons. The van der Waals surface area contributed by atoms with Gasteiger partial charge in [-0.3, -0.25) is 10.1 Å². The molecule has 0 fully saturated rings. The average molecular weight is 345 g/mol. The SMILES string of the molecule is Cc1cc(NC(=O)OC(C)(C)C)nc(C)c1CNC(=O)c1c[nH]cn1. The predicted molar refractivity (Wildman–Crippen MR) is 93.3 cm³/mol. The van der Waals surface area contributed by atoms with Crippen molar-refractivity contribution in [3.63, 3.8) is 0 Å². The third-order valence-electron chi connectivity index (χ3n) is 3.34. The van der Waals surface area contributed by atoms with Crippen LogP contribution in [0.1, 0.15) is 48.1 Å². The van der Waals surface area contributed by atoms with Crippen LogP contribution < -0.4 is 10.6 Å². The van der Waals surface area contributed by atoms with E-state index in [1.54, 1.807) is 26.8 Å². The molecule has 2 aromatic rings. The summed E-state index contributed by atoms with van der Waals surface area (Å²) in [4.78, 5) is 34.8. The fraction of sp³-hybridized carbons (Fsp3) is 0.412. The van der Waals surface area contributed by atoms with Gasteiger partial charge in [-0.05, 0) is 51.8 Å². The number of aromatic nitrogens is 3. The van der Waals surface area contributed by atoms with E-state index in [0.29, 0.717) is 23.8 Å². The Kier molecular flexibility index (Phi) is 5.41. The van der Waals surface area contributed by atoms with Crippen LogP contribution in [0.3, 0.4) is 0 Å². The van der Waals surface area contributed by atoms with E-state index in [-0.39, 0.29) is 5.91 Å². The molecule has 2 heterocycles. The molecule has 0 atom stereocenters. The molecule has 0 aliphatic rings. The van der Waals surface area contributed by atoms with Crippen LogP contribution in [0.2, 0.25) is 0 Å². The monoisotopic (exact) mass is 345 g/mol. The van der Waals surface area contributed by atoms with Gasteiger partial charge in [-0.2, -0.15) is 0 Å². The van der Waals surface area contributed by atoms with Crippen LogP contribution in [0.15, 0.2) is 18.6 Å². The van der Waals surface area contributed by atoms with Crippen molar-refractivity contribution in [3.05, 3.63) is 41.1 Å². The number of imidazole rings is 1. The highest BCUT2D eigenvalue weighted by Gasteiger charge is 2.17. The van der Waals surface area contributed by atoms with Crippen molar-refractivity contribution in [1.82, 2.24) is 20.3 Å². The molecule has 0 spiro atoms. The summed E-state index contributed by atoms with van der Waals surface area (Å²) < 4.78 is 5.21. The molecule has 8 nitrogen and oxygen atoms in total. The van der Waals surface area contributed by atoms with E-state index >= 15 is 0 Å². The Bertz CT molecular complexity index is 740. The summed E-state index contributed by atoms with van der Waals surface area (Å²) in [5.41, 5.74) is 2.25. The second kappa shape index (κ2) is 7.33. The normalized spacial score (nSPS) is 11.1. The minimum Gasteiger partial charge on any atom is -0.444 e. The summed E-state index contributed by atoms with van der Waals surface area (Å²) >= 11 is 0. The molecule has 0 unspecified atom stereocenters. The number of aromatic amines is 1. The number of hydrogen-bond donors (Lipinski definition) is 3. The van der Waals surface area contributed by atoms with Gasteiger partial charge in [0.2, 0.25) is 0 Å². The van der Waals surface area contributed by atoms with Crippen LogP contribution in [0.25, 0.3) is 0 Å². The number of ether oxygens (including phenoxy) is 1. The standard InChI is InChI=1S/C17H23N5O3/c1-10-6-14(22-16(24)25-17(3,4)5)21-11(2)12(10)7-19-15(23)13-8-18-9-20-13/h6,8-9H,7H2,1-5H3,(H,18,20)(H,19,23)(H,21,22,24). The van der Waals surface area contributed by atoms with Crippen LogP contribution >= 0.6 is 0 Å². The van der Waals surface area contributed by atoms with E-state index in [0.717, 1.165) is 11.1 Å². The Morgan fingerprint density at radius 3 is 2.56 bits per heavy atom. The third-order valence-corrected chi connectivity index (χ3v) is 3.34. The number of rotatable bonds is 4. The van der Waals surface area contributed by atoms with E-state index in [1.807, 2.05) is 13.8 Å². The molecule has 3 N–H and O–H groups in total. The summed E-state index contributed by atoms with van der Waals surface area (Å²) in [6.45, 7) is 9.42. The number of amides is 2. The van der Waals surface area contributed by atoms with Gasteiger partial charge in [-0.15, -0.1) is 0 Å². The highest BCUT2D eigenvalue weighted by Crippen LogP contribution is 2.17. The van der Waals surface area contributed by atoms with Crippen molar-refractivity contribution in [2.45, 2.75) is 46.8 Å². The van der Waals surface area contributed by atoms with Crippen LogP contribution in [-0.2, 0) is 11.3 Å². The maximum Gasteiger partial charge on any atom is 0.413 e. The Morgan fingerprint density at radius 1 is 1.28 bits per heavy atom. The van der Waals surface area contributed by atoms with Crippen molar-refractivity contribution in [3.8, 4) is 0 Å². The van der Waals surface area contributed by atoms with Gasteiger partial charge in [0.25, 0.3) is 5.91 Å². The van der Waals surface area contributed by atoms with E-state index in [1.165, 1.54) is 12.5 Å². The summed E-state index contributed by atoms with van der Waals surface area (Å²) in [6, 6.07) is 1.74. The molecule has 0 aliphatic heterocycles. The van der Waals surface area contributed by atoms with Gasteiger partial charge < -0.3 is 15.0 Å². The molecule has 0 aromatic carbocycles. The lowest BCUT2D eigenvalue weighted by Gasteiger charge is -2.20. The van der Waals surface area contributed by atoms with Crippen LogP contribution in [0.4, 0.5) is 10.6 Å². The maximum atomic E-state index is 12.0. The zero-order valence-electron chi connectivity index (χ0n) is 15.1. The molecule has 0 aliphatic carbocycles. The number of pyridine rings is 1. The van der Waals surface area contributed by atoms with Gasteiger partial charge in [0.1, 0.15) is 17.1 Å². The van der Waals surface area contributed by atoms with Crippen molar-refractivity contribution < 1.29 is 14.3 Å². The van der Waals surface area contributed by atoms with Crippen molar-refractivity contribution in [2.75, 3.05) is 5.32 Å². The molecule has 0 saturated heterocycles. The fourth-order valence-electron chi connectivity index (χ4n) is 2.24. The zero-order chi connectivity index (χ0) is 18.6. The molecule has 0 bridgehead atoms. The van der Waals surface area contributed by atoms with E-state index in [2.05, 4.69) is 25.6 Å². The first kappa shape index (κ1) is 18.4. The lowest BCUT2D eigenvalue weighted by Crippen LogP contribution is -2.28. The first-order chi connectivity index (χ1) is 11.7. The van der Waals surface area contributed by atoms with Gasteiger partial charge in [0, 0.05) is 18.4 Å². The van der Waals surface area contributed by atoms with Crippen molar-refractivity contribution in [1.29, 1.82) is 0 Å². The lowest BCUT2D eigenvalue weighted by atomic mass is 10.1. The van der Waals surface area contributed by atoms with Gasteiger partial charge in [0.05, 0.1) is 6.33 Å². The number of nitrogens with one attached hydrogen (secondary N) is 3. The predicted octanol–water partition coefficient (Wildman–Crippen LogP) is 2.70. The first-order valence-electron chi connectivity index (χ1n) is 7.90. The minimum absolute atomic E-state index is 0.268. The number of aryl methyl sites for hydroxylation is 2. The average Bonchev–Trinajstić information content (AvgIpc) is 2.98. The molecule has 25 heavy (non-hydrogen) atoms. The Hall–Kier alpha value is -2.90. The third kappa shape index (κ3) is 5.30. The zero-order valence-corrected chi connectivity index (χ0v) is 15.1. The first-order valence-corrected chi connectivity index (χ1v) is 7.90. The Balaban J connectivity index is 2.04. The fourth-order valence-corrected chi connectivity index (χ4v) is 2.24. The lowest BCUT2D eigenvalue weighted by molar-refractivity contribution is 0.0635. The van der Waals surface area contributed by atoms with Crippen LogP contribution in [0.5, 0.6) is 0 Å². The Morgan fingerprint density at radius 2 is 2.00 bits per heavy atom. The summed E-state index contributed by atoms with van der Waals surface area (Å²) in [5, 5.41) is 5.42. The molecular weight excluding hydrogens is 322 g/mol. The van der Waals surface area contributed by atoms with Crippen LogP contribution in [-0.4, -0.2) is 32.6 Å². The number of H-pyrrole nitrogens is 1. The molecule has 2 aromatic heterocycles. The molecule has 8 heteroatoms.